The van der Waals surface area contributed by atoms with Crippen LogP contribution in [0.4, 0.5) is 0 Å². The highest BCUT2D eigenvalue weighted by Gasteiger charge is 2.43. The van der Waals surface area contributed by atoms with Crippen LogP contribution in [0.3, 0.4) is 0 Å². The number of hydrogen-bond donors (Lipinski definition) is 0. The molecule has 4 atom stereocenters. The Bertz CT molecular complexity index is 287. The molecule has 2 nitrogen and oxygen atoms in total. The predicted octanol–water partition coefficient (Wildman–Crippen LogP) is 3.32. The van der Waals surface area contributed by atoms with E-state index in [0.29, 0.717) is 29.7 Å². The molecule has 0 aromatic rings. The number of rotatable bonds is 2. The molecule has 2 rings (SSSR count). The summed E-state index contributed by atoms with van der Waals surface area (Å²) in [6, 6.07) is 0.486. The Morgan fingerprint density at radius 2 is 1.82 bits per heavy atom. The molecule has 2 heteroatoms. The molecule has 4 unspecified atom stereocenters. The van der Waals surface area contributed by atoms with Gasteiger partial charge in [0.1, 0.15) is 0 Å². The maximum Gasteiger partial charge on any atom is 0.226 e. The Morgan fingerprint density at radius 3 is 2.35 bits per heavy atom. The van der Waals surface area contributed by atoms with Crippen LogP contribution < -0.4 is 0 Å². The van der Waals surface area contributed by atoms with Crippen molar-refractivity contribution in [2.24, 2.45) is 23.7 Å². The van der Waals surface area contributed by atoms with E-state index >= 15 is 0 Å². The molecule has 1 saturated carbocycles. The number of carbonyl (C=O) groups is 1. The fraction of sp³-hybridized carbons (Fsp3) is 0.933. The smallest absolute Gasteiger partial charge is 0.226 e. The first kappa shape index (κ1) is 12.9. The molecular formula is C15H27NO. The molecule has 0 bridgehead atoms. The molecular weight excluding hydrogens is 210 g/mol. The van der Waals surface area contributed by atoms with Gasteiger partial charge < -0.3 is 4.90 Å². The second kappa shape index (κ2) is 4.99. The van der Waals surface area contributed by atoms with E-state index in [1.807, 2.05) is 0 Å². The zero-order valence-electron chi connectivity index (χ0n) is 11.8. The Balaban J connectivity index is 2.07. The highest BCUT2D eigenvalue weighted by atomic mass is 16.2. The van der Waals surface area contributed by atoms with E-state index < -0.39 is 0 Å². The first-order valence-corrected chi connectivity index (χ1v) is 7.31. The summed E-state index contributed by atoms with van der Waals surface area (Å²) < 4.78 is 0. The third-order valence-electron chi connectivity index (χ3n) is 4.70. The van der Waals surface area contributed by atoms with Crippen molar-refractivity contribution in [3.63, 3.8) is 0 Å². The summed E-state index contributed by atoms with van der Waals surface area (Å²) in [4.78, 5) is 14.7. The Morgan fingerprint density at radius 1 is 1.18 bits per heavy atom. The van der Waals surface area contributed by atoms with Crippen LogP contribution in [0.5, 0.6) is 0 Å². The van der Waals surface area contributed by atoms with E-state index in [2.05, 4.69) is 32.6 Å². The van der Waals surface area contributed by atoms with Crippen molar-refractivity contribution in [3.8, 4) is 0 Å². The van der Waals surface area contributed by atoms with E-state index in [-0.39, 0.29) is 0 Å². The molecule has 2 aliphatic rings. The van der Waals surface area contributed by atoms with Gasteiger partial charge >= 0.3 is 0 Å². The van der Waals surface area contributed by atoms with E-state index in [9.17, 15) is 4.79 Å². The molecule has 2 fully saturated rings. The average molecular weight is 237 g/mol. The van der Waals surface area contributed by atoms with E-state index in [1.165, 1.54) is 19.3 Å². The molecule has 0 radical (unpaired) electrons. The van der Waals surface area contributed by atoms with E-state index in [4.69, 9.17) is 0 Å². The van der Waals surface area contributed by atoms with Crippen LogP contribution in [-0.4, -0.2) is 23.4 Å². The van der Waals surface area contributed by atoms with Crippen molar-refractivity contribution in [1.29, 1.82) is 0 Å². The molecule has 17 heavy (non-hydrogen) atoms. The number of carbonyl (C=O) groups excluding carboxylic acids is 1. The number of likely N-dealkylation sites (tertiary alicyclic amines) is 1. The van der Waals surface area contributed by atoms with Gasteiger partial charge in [-0.2, -0.15) is 0 Å². The zero-order chi connectivity index (χ0) is 12.6. The number of hydrogen-bond acceptors (Lipinski definition) is 1. The Labute approximate surface area is 106 Å². The van der Waals surface area contributed by atoms with Gasteiger partial charge in [0, 0.05) is 18.5 Å². The molecule has 1 amide bonds. The maximum atomic E-state index is 12.5. The van der Waals surface area contributed by atoms with Crippen LogP contribution in [-0.2, 0) is 4.79 Å². The predicted molar refractivity (Wildman–Crippen MR) is 70.6 cm³/mol. The third kappa shape index (κ3) is 2.83. The molecule has 1 saturated heterocycles. The highest BCUT2D eigenvalue weighted by Crippen LogP contribution is 2.41. The molecule has 0 N–H and O–H groups in total. The lowest BCUT2D eigenvalue weighted by Crippen LogP contribution is -2.43. The quantitative estimate of drug-likeness (QED) is 0.721. The van der Waals surface area contributed by atoms with Crippen LogP contribution in [0.1, 0.15) is 53.4 Å². The van der Waals surface area contributed by atoms with Crippen molar-refractivity contribution in [2.45, 2.75) is 59.4 Å². The first-order chi connectivity index (χ1) is 8.00. The van der Waals surface area contributed by atoms with Gasteiger partial charge in [0.05, 0.1) is 0 Å². The Kier molecular flexibility index (Phi) is 3.79. The second-order valence-electron chi connectivity index (χ2n) is 6.63. The summed E-state index contributed by atoms with van der Waals surface area (Å²) in [6.45, 7) is 10.0. The SMILES string of the molecule is CC1CCC(C(C)C)N(C(=O)C2CC2C)CC1. The van der Waals surface area contributed by atoms with Gasteiger partial charge in [-0.15, -0.1) is 0 Å². The largest absolute Gasteiger partial charge is 0.339 e. The summed E-state index contributed by atoms with van der Waals surface area (Å²) >= 11 is 0. The minimum atomic E-state index is 0.352. The molecule has 1 heterocycles. The molecule has 0 aromatic carbocycles. The average Bonchev–Trinajstić information content (AvgIpc) is 3.00. The standard InChI is InChI=1S/C15H27NO/c1-10(2)14-6-5-11(3)7-8-16(14)15(17)13-9-12(13)4/h10-14H,5-9H2,1-4H3. The molecule has 0 aromatic heterocycles. The van der Waals surface area contributed by atoms with Gasteiger partial charge in [0.25, 0.3) is 0 Å². The van der Waals surface area contributed by atoms with Crippen LogP contribution >= 0.6 is 0 Å². The topological polar surface area (TPSA) is 20.3 Å². The van der Waals surface area contributed by atoms with Gasteiger partial charge in [0.2, 0.25) is 5.91 Å². The first-order valence-electron chi connectivity index (χ1n) is 7.31. The van der Waals surface area contributed by atoms with Crippen LogP contribution in [0.2, 0.25) is 0 Å². The second-order valence-corrected chi connectivity index (χ2v) is 6.63. The lowest BCUT2D eigenvalue weighted by Gasteiger charge is -2.33. The van der Waals surface area contributed by atoms with Crippen molar-refractivity contribution >= 4 is 5.91 Å². The van der Waals surface area contributed by atoms with E-state index in [1.54, 1.807) is 0 Å². The summed E-state index contributed by atoms with van der Waals surface area (Å²) in [7, 11) is 0. The Hall–Kier alpha value is -0.530. The monoisotopic (exact) mass is 237 g/mol. The zero-order valence-corrected chi connectivity index (χ0v) is 11.8. The number of nitrogens with zero attached hydrogens (tertiary/aromatic N) is 1. The van der Waals surface area contributed by atoms with E-state index in [0.717, 1.165) is 18.9 Å². The van der Waals surface area contributed by atoms with Gasteiger partial charge in [-0.3, -0.25) is 4.79 Å². The summed E-state index contributed by atoms with van der Waals surface area (Å²) in [5, 5.41) is 0. The highest BCUT2D eigenvalue weighted by molar-refractivity contribution is 5.82. The van der Waals surface area contributed by atoms with Crippen LogP contribution in [0.25, 0.3) is 0 Å². The minimum absolute atomic E-state index is 0.352. The summed E-state index contributed by atoms with van der Waals surface area (Å²) in [6.07, 6.45) is 4.80. The van der Waals surface area contributed by atoms with Crippen molar-refractivity contribution < 1.29 is 4.79 Å². The third-order valence-corrected chi connectivity index (χ3v) is 4.70. The van der Waals surface area contributed by atoms with Gasteiger partial charge in [-0.1, -0.05) is 27.7 Å². The fourth-order valence-electron chi connectivity index (χ4n) is 3.13. The molecule has 98 valence electrons. The lowest BCUT2D eigenvalue weighted by molar-refractivity contribution is -0.136. The summed E-state index contributed by atoms with van der Waals surface area (Å²) in [5.74, 6) is 2.81. The van der Waals surface area contributed by atoms with Crippen molar-refractivity contribution in [2.75, 3.05) is 6.54 Å². The minimum Gasteiger partial charge on any atom is -0.339 e. The summed E-state index contributed by atoms with van der Waals surface area (Å²) in [5.41, 5.74) is 0. The van der Waals surface area contributed by atoms with Crippen LogP contribution in [0.15, 0.2) is 0 Å². The van der Waals surface area contributed by atoms with Gasteiger partial charge in [0.15, 0.2) is 0 Å². The normalized spacial score (nSPS) is 38.1. The van der Waals surface area contributed by atoms with Crippen molar-refractivity contribution in [1.82, 2.24) is 4.90 Å². The van der Waals surface area contributed by atoms with Gasteiger partial charge in [-0.25, -0.2) is 0 Å². The van der Waals surface area contributed by atoms with Crippen molar-refractivity contribution in [3.05, 3.63) is 0 Å². The maximum absolute atomic E-state index is 12.5. The van der Waals surface area contributed by atoms with Crippen LogP contribution in [0, 0.1) is 23.7 Å². The van der Waals surface area contributed by atoms with Gasteiger partial charge in [-0.05, 0) is 43.4 Å². The number of amides is 1. The fourth-order valence-corrected chi connectivity index (χ4v) is 3.13. The molecule has 1 aliphatic heterocycles. The lowest BCUT2D eigenvalue weighted by atomic mass is 9.95. The molecule has 1 aliphatic carbocycles. The molecule has 0 spiro atoms.